The van der Waals surface area contributed by atoms with Gasteiger partial charge in [0.15, 0.2) is 0 Å². The molecule has 0 spiro atoms. The van der Waals surface area contributed by atoms with Gasteiger partial charge in [0.1, 0.15) is 17.1 Å². The molecule has 0 fully saturated rings. The Hall–Kier alpha value is -5.38. The van der Waals surface area contributed by atoms with E-state index in [9.17, 15) is 31.4 Å². The Labute approximate surface area is 243 Å². The molecule has 3 aromatic carbocycles. The summed E-state index contributed by atoms with van der Waals surface area (Å²) in [6.07, 6.45) is -5.07. The molecular weight excluding hydrogens is 592 g/mol. The van der Waals surface area contributed by atoms with Crippen molar-refractivity contribution in [3.8, 4) is 17.1 Å². The first-order valence-electron chi connectivity index (χ1n) is 12.8. The molecule has 44 heavy (non-hydrogen) atoms. The minimum Gasteiger partial charge on any atom is -0.372 e. The fourth-order valence-corrected chi connectivity index (χ4v) is 4.36. The zero-order valence-electron chi connectivity index (χ0n) is 22.4. The molecule has 1 N–H and O–H groups in total. The summed E-state index contributed by atoms with van der Waals surface area (Å²) in [7, 11) is 0. The van der Waals surface area contributed by atoms with Crippen molar-refractivity contribution in [1.82, 2.24) is 45.0 Å². The minimum atomic E-state index is -4.53. The number of hydrogen-bond donors (Lipinski definition) is 1. The summed E-state index contributed by atoms with van der Waals surface area (Å²) in [6.45, 7) is 1.91. The number of alkyl halides is 6. The van der Waals surface area contributed by atoms with E-state index in [2.05, 4.69) is 30.9 Å². The number of aromatic nitrogens is 9. The molecule has 3 aromatic heterocycles. The molecule has 0 saturated heterocycles. The Morgan fingerprint density at radius 1 is 0.500 bits per heavy atom. The monoisotopic (exact) mass is 611 g/mol. The van der Waals surface area contributed by atoms with Crippen molar-refractivity contribution in [2.75, 3.05) is 0 Å². The Balaban J connectivity index is 1.42. The average Bonchev–Trinajstić information content (AvgIpc) is 3.78. The molecule has 0 radical (unpaired) electrons. The molecule has 224 valence electrons. The lowest BCUT2D eigenvalue weighted by Crippen LogP contribution is -2.30. The van der Waals surface area contributed by atoms with Gasteiger partial charge in [-0.25, -0.2) is 14.0 Å². The van der Waals surface area contributed by atoms with Crippen molar-refractivity contribution in [3.05, 3.63) is 125 Å². The minimum absolute atomic E-state index is 0.0583. The van der Waals surface area contributed by atoms with Crippen LogP contribution in [0.1, 0.15) is 33.8 Å². The summed E-state index contributed by atoms with van der Waals surface area (Å²) in [5.41, 5.74) is -2.22. The van der Waals surface area contributed by atoms with E-state index in [4.69, 9.17) is 0 Å². The normalized spacial score (nSPS) is 12.5. The van der Waals surface area contributed by atoms with Crippen LogP contribution < -0.4 is 0 Å². The Morgan fingerprint density at radius 3 is 1.09 bits per heavy atom. The van der Waals surface area contributed by atoms with E-state index in [-0.39, 0.29) is 28.5 Å². The van der Waals surface area contributed by atoms with E-state index in [1.54, 1.807) is 12.1 Å². The number of benzene rings is 3. The fourth-order valence-electron chi connectivity index (χ4n) is 4.36. The standard InChI is InChI=1S/C28H19F6N9O/c1-17-2-8-20(9-3-17)41-14-23(35-38-41)26(44,24-15-42(39-36-24)21-10-4-18(5-11-21)27(29,30)31)25-16-43(40-37-25)22-12-6-19(7-13-22)28(32,33)34/h2-16,44H,1H3. The summed E-state index contributed by atoms with van der Waals surface area (Å²) in [4.78, 5) is 0. The Kier molecular flexibility index (Phi) is 6.80. The van der Waals surface area contributed by atoms with Gasteiger partial charge < -0.3 is 5.11 Å². The molecule has 0 amide bonds. The maximum atomic E-state index is 13.1. The van der Waals surface area contributed by atoms with Gasteiger partial charge in [-0.1, -0.05) is 33.3 Å². The second-order valence-electron chi connectivity index (χ2n) is 9.78. The van der Waals surface area contributed by atoms with Gasteiger partial charge in [0.2, 0.25) is 5.60 Å². The van der Waals surface area contributed by atoms with E-state index < -0.39 is 29.1 Å². The van der Waals surface area contributed by atoms with Gasteiger partial charge in [-0.2, -0.15) is 26.3 Å². The molecule has 3 heterocycles. The molecule has 10 nitrogen and oxygen atoms in total. The van der Waals surface area contributed by atoms with E-state index >= 15 is 0 Å². The number of nitrogens with zero attached hydrogens (tertiary/aromatic N) is 9. The summed E-state index contributed by atoms with van der Waals surface area (Å²) in [5, 5.41) is 36.5. The summed E-state index contributed by atoms with van der Waals surface area (Å²) in [5.74, 6) is 0. The van der Waals surface area contributed by atoms with Crippen LogP contribution in [0, 0.1) is 6.92 Å². The van der Waals surface area contributed by atoms with Crippen LogP contribution in [0.4, 0.5) is 26.3 Å². The predicted octanol–water partition coefficient (Wildman–Crippen LogP) is 5.06. The summed E-state index contributed by atoms with van der Waals surface area (Å²) < 4.78 is 82.0. The van der Waals surface area contributed by atoms with Gasteiger partial charge in [0.25, 0.3) is 0 Å². The van der Waals surface area contributed by atoms with Crippen LogP contribution in [0.5, 0.6) is 0 Å². The molecule has 0 bridgehead atoms. The SMILES string of the molecule is Cc1ccc(-n2cc(C(O)(c3cn(-c4ccc(C(F)(F)F)cc4)nn3)c3cn(-c4ccc(C(F)(F)F)cc4)nn3)nn2)cc1. The van der Waals surface area contributed by atoms with Gasteiger partial charge in [0, 0.05) is 0 Å². The highest BCUT2D eigenvalue weighted by Crippen LogP contribution is 2.35. The highest BCUT2D eigenvalue weighted by atomic mass is 19.4. The van der Waals surface area contributed by atoms with Gasteiger partial charge in [-0.3, -0.25) is 0 Å². The fraction of sp³-hybridized carbons (Fsp3) is 0.143. The van der Waals surface area contributed by atoms with Crippen LogP contribution >= 0.6 is 0 Å². The third-order valence-electron chi connectivity index (χ3n) is 6.81. The summed E-state index contributed by atoms with van der Waals surface area (Å²) in [6, 6.07) is 15.6. The maximum Gasteiger partial charge on any atom is 0.416 e. The zero-order valence-corrected chi connectivity index (χ0v) is 22.4. The molecule has 0 aliphatic carbocycles. The molecule has 0 saturated carbocycles. The van der Waals surface area contributed by atoms with Gasteiger partial charge in [0.05, 0.1) is 46.8 Å². The molecule has 16 heteroatoms. The first kappa shape index (κ1) is 28.7. The van der Waals surface area contributed by atoms with Crippen LogP contribution in [0.3, 0.4) is 0 Å². The van der Waals surface area contributed by atoms with Crippen LogP contribution in [-0.2, 0) is 18.0 Å². The maximum absolute atomic E-state index is 13.1. The Morgan fingerprint density at radius 2 is 0.795 bits per heavy atom. The Bertz CT molecular complexity index is 1810. The average molecular weight is 612 g/mol. The molecule has 6 aromatic rings. The zero-order chi connectivity index (χ0) is 31.3. The van der Waals surface area contributed by atoms with Gasteiger partial charge in [-0.15, -0.1) is 15.3 Å². The molecular formula is C28H19F6N9O. The van der Waals surface area contributed by atoms with Crippen LogP contribution in [0.2, 0.25) is 0 Å². The lowest BCUT2D eigenvalue weighted by atomic mass is 9.93. The highest BCUT2D eigenvalue weighted by Gasteiger charge is 2.43. The smallest absolute Gasteiger partial charge is 0.372 e. The third kappa shape index (κ3) is 5.30. The van der Waals surface area contributed by atoms with E-state index in [0.717, 1.165) is 39.2 Å². The molecule has 0 aliphatic rings. The molecule has 0 atom stereocenters. The number of rotatable bonds is 6. The van der Waals surface area contributed by atoms with Crippen molar-refractivity contribution in [2.45, 2.75) is 24.9 Å². The summed E-state index contributed by atoms with van der Waals surface area (Å²) >= 11 is 0. The van der Waals surface area contributed by atoms with Crippen molar-refractivity contribution in [1.29, 1.82) is 0 Å². The van der Waals surface area contributed by atoms with Crippen LogP contribution in [-0.4, -0.2) is 50.1 Å². The molecule has 6 rings (SSSR count). The quantitative estimate of drug-likeness (QED) is 0.262. The lowest BCUT2D eigenvalue weighted by Gasteiger charge is -2.20. The third-order valence-corrected chi connectivity index (χ3v) is 6.81. The van der Waals surface area contributed by atoms with Crippen molar-refractivity contribution >= 4 is 0 Å². The van der Waals surface area contributed by atoms with E-state index in [1.807, 2.05) is 19.1 Å². The first-order valence-corrected chi connectivity index (χ1v) is 12.8. The van der Waals surface area contributed by atoms with Gasteiger partial charge >= 0.3 is 12.4 Å². The molecule has 0 aliphatic heterocycles. The molecule has 0 unspecified atom stereocenters. The number of halogens is 6. The highest BCUT2D eigenvalue weighted by molar-refractivity contribution is 5.42. The largest absolute Gasteiger partial charge is 0.416 e. The topological polar surface area (TPSA) is 112 Å². The van der Waals surface area contributed by atoms with Crippen molar-refractivity contribution in [2.24, 2.45) is 0 Å². The number of aliphatic hydroxyl groups is 1. The van der Waals surface area contributed by atoms with Crippen molar-refractivity contribution in [3.63, 3.8) is 0 Å². The second kappa shape index (κ2) is 10.4. The second-order valence-corrected chi connectivity index (χ2v) is 9.78. The van der Waals surface area contributed by atoms with E-state index in [1.165, 1.54) is 47.5 Å². The number of aryl methyl sites for hydroxylation is 1. The van der Waals surface area contributed by atoms with Crippen molar-refractivity contribution < 1.29 is 31.4 Å². The van der Waals surface area contributed by atoms with Gasteiger partial charge in [-0.05, 0) is 67.6 Å². The number of hydrogen-bond acceptors (Lipinski definition) is 7. The van der Waals surface area contributed by atoms with Crippen LogP contribution in [0.25, 0.3) is 17.1 Å². The van der Waals surface area contributed by atoms with E-state index in [0.29, 0.717) is 5.69 Å². The lowest BCUT2D eigenvalue weighted by molar-refractivity contribution is -0.138. The first-order chi connectivity index (χ1) is 20.8. The predicted molar refractivity (Wildman–Crippen MR) is 141 cm³/mol. The van der Waals surface area contributed by atoms with Crippen LogP contribution in [0.15, 0.2) is 91.4 Å².